The Morgan fingerprint density at radius 2 is 1.67 bits per heavy atom. The van der Waals surface area contributed by atoms with Crippen molar-refractivity contribution in [1.82, 2.24) is 0 Å². The fourth-order valence-electron chi connectivity index (χ4n) is 3.71. The number of hydrogen-bond acceptors (Lipinski definition) is 2. The van der Waals surface area contributed by atoms with E-state index in [1.54, 1.807) is 0 Å². The van der Waals surface area contributed by atoms with E-state index in [4.69, 9.17) is 4.74 Å². The minimum atomic E-state index is 0.113. The van der Waals surface area contributed by atoms with Gasteiger partial charge in [-0.1, -0.05) is 64.5 Å². The Morgan fingerprint density at radius 3 is 2.33 bits per heavy atom. The van der Waals surface area contributed by atoms with E-state index in [9.17, 15) is 4.79 Å². The van der Waals surface area contributed by atoms with E-state index in [0.717, 1.165) is 31.6 Å². The molecule has 0 radical (unpaired) electrons. The van der Waals surface area contributed by atoms with Crippen molar-refractivity contribution in [2.75, 3.05) is 6.61 Å². The predicted octanol–water partition coefficient (Wildman–Crippen LogP) is 6.29. The second-order valence-electron chi connectivity index (χ2n) is 7.29. The summed E-state index contributed by atoms with van der Waals surface area (Å²) in [5.41, 5.74) is 1.17. The highest BCUT2D eigenvalue weighted by Crippen LogP contribution is 2.35. The molecule has 0 spiro atoms. The third-order valence-electron chi connectivity index (χ3n) is 5.26. The third kappa shape index (κ3) is 5.96. The molecule has 2 heteroatoms. The lowest BCUT2D eigenvalue weighted by Crippen LogP contribution is -2.23. The largest absolute Gasteiger partial charge is 0.494 e. The van der Waals surface area contributed by atoms with Crippen LogP contribution >= 0.6 is 0 Å². The van der Waals surface area contributed by atoms with Crippen LogP contribution in [0.1, 0.15) is 89.5 Å². The SMILES string of the molecule is CCCCCOc1ccc([C@H]2CC[C@H](CCCCC)CC2=O)cc1. The highest BCUT2D eigenvalue weighted by atomic mass is 16.5. The Hall–Kier alpha value is -1.31. The van der Waals surface area contributed by atoms with Crippen LogP contribution in [0.3, 0.4) is 0 Å². The summed E-state index contributed by atoms with van der Waals surface area (Å²) in [6.45, 7) is 5.22. The Bertz CT molecular complexity index is 477. The standard InChI is InChI=1S/C22H34O2/c1-3-5-7-9-18-10-15-21(22(23)17-18)19-11-13-20(14-12-19)24-16-8-6-4-2/h11-14,18,21H,3-10,15-17H2,1-2H3/t18-,21+/m0/s1. The van der Waals surface area contributed by atoms with Crippen LogP contribution < -0.4 is 4.74 Å². The minimum Gasteiger partial charge on any atom is -0.494 e. The molecule has 0 bridgehead atoms. The number of Topliss-reactive ketones (excluding diaryl/α,β-unsaturated/α-hetero) is 1. The number of carbonyl (C=O) groups is 1. The van der Waals surface area contributed by atoms with Gasteiger partial charge >= 0.3 is 0 Å². The van der Waals surface area contributed by atoms with Gasteiger partial charge in [0.05, 0.1) is 6.61 Å². The van der Waals surface area contributed by atoms with E-state index in [0.29, 0.717) is 11.7 Å². The minimum absolute atomic E-state index is 0.113. The Morgan fingerprint density at radius 1 is 0.958 bits per heavy atom. The van der Waals surface area contributed by atoms with Crippen LogP contribution in [0.25, 0.3) is 0 Å². The first-order chi connectivity index (χ1) is 11.7. The van der Waals surface area contributed by atoms with E-state index in [1.165, 1.54) is 50.5 Å². The van der Waals surface area contributed by atoms with Gasteiger partial charge in [0, 0.05) is 12.3 Å². The molecule has 0 unspecified atom stereocenters. The summed E-state index contributed by atoms with van der Waals surface area (Å²) >= 11 is 0. The monoisotopic (exact) mass is 330 g/mol. The molecular weight excluding hydrogens is 296 g/mol. The zero-order chi connectivity index (χ0) is 17.2. The molecule has 24 heavy (non-hydrogen) atoms. The maximum Gasteiger partial charge on any atom is 0.140 e. The van der Waals surface area contributed by atoms with Gasteiger partial charge in [0.15, 0.2) is 0 Å². The molecule has 0 saturated heterocycles. The zero-order valence-corrected chi connectivity index (χ0v) is 15.6. The molecule has 2 rings (SSSR count). The van der Waals surface area contributed by atoms with Crippen LogP contribution in [0.15, 0.2) is 24.3 Å². The van der Waals surface area contributed by atoms with Crippen molar-refractivity contribution in [1.29, 1.82) is 0 Å². The smallest absolute Gasteiger partial charge is 0.140 e. The average molecular weight is 331 g/mol. The van der Waals surface area contributed by atoms with Gasteiger partial charge in [-0.15, -0.1) is 0 Å². The number of ketones is 1. The number of ether oxygens (including phenoxy) is 1. The average Bonchev–Trinajstić information content (AvgIpc) is 2.60. The topological polar surface area (TPSA) is 26.3 Å². The van der Waals surface area contributed by atoms with Gasteiger partial charge in [-0.25, -0.2) is 0 Å². The van der Waals surface area contributed by atoms with Gasteiger partial charge in [0.2, 0.25) is 0 Å². The van der Waals surface area contributed by atoms with Gasteiger partial charge < -0.3 is 4.74 Å². The van der Waals surface area contributed by atoms with E-state index >= 15 is 0 Å². The number of unbranched alkanes of at least 4 members (excludes halogenated alkanes) is 4. The normalized spacial score (nSPS) is 21.0. The lowest BCUT2D eigenvalue weighted by atomic mass is 9.76. The first kappa shape index (κ1) is 19.0. The number of hydrogen-bond donors (Lipinski definition) is 0. The Balaban J connectivity index is 1.80. The van der Waals surface area contributed by atoms with Crippen LogP contribution in [0.4, 0.5) is 0 Å². The molecule has 0 N–H and O–H groups in total. The summed E-state index contributed by atoms with van der Waals surface area (Å²) in [7, 11) is 0. The van der Waals surface area contributed by atoms with Crippen molar-refractivity contribution in [2.24, 2.45) is 5.92 Å². The molecule has 1 fully saturated rings. The van der Waals surface area contributed by atoms with Crippen LogP contribution in [0.2, 0.25) is 0 Å². The van der Waals surface area contributed by atoms with Gasteiger partial charge in [0.25, 0.3) is 0 Å². The highest BCUT2D eigenvalue weighted by molar-refractivity contribution is 5.86. The summed E-state index contributed by atoms with van der Waals surface area (Å²) < 4.78 is 5.76. The van der Waals surface area contributed by atoms with Crippen LogP contribution in [0.5, 0.6) is 5.75 Å². The van der Waals surface area contributed by atoms with E-state index < -0.39 is 0 Å². The van der Waals surface area contributed by atoms with Crippen molar-refractivity contribution in [3.8, 4) is 5.75 Å². The quantitative estimate of drug-likeness (QED) is 0.471. The molecule has 0 amide bonds. The molecule has 1 aromatic carbocycles. The summed E-state index contributed by atoms with van der Waals surface area (Å²) in [6.07, 6.45) is 11.6. The predicted molar refractivity (Wildman–Crippen MR) is 101 cm³/mol. The van der Waals surface area contributed by atoms with E-state index in [1.807, 2.05) is 12.1 Å². The molecule has 1 saturated carbocycles. The molecule has 0 aromatic heterocycles. The molecule has 2 atom stereocenters. The highest BCUT2D eigenvalue weighted by Gasteiger charge is 2.29. The number of benzene rings is 1. The van der Waals surface area contributed by atoms with Gasteiger partial charge in [0.1, 0.15) is 11.5 Å². The molecule has 1 aromatic rings. The van der Waals surface area contributed by atoms with Crippen molar-refractivity contribution < 1.29 is 9.53 Å². The first-order valence-electron chi connectivity index (χ1n) is 10.00. The molecule has 0 heterocycles. The second-order valence-corrected chi connectivity index (χ2v) is 7.29. The molecule has 2 nitrogen and oxygen atoms in total. The third-order valence-corrected chi connectivity index (χ3v) is 5.26. The molecule has 1 aliphatic carbocycles. The van der Waals surface area contributed by atoms with Crippen LogP contribution in [0, 0.1) is 5.92 Å². The van der Waals surface area contributed by atoms with Gasteiger partial charge in [-0.05, 0) is 42.9 Å². The van der Waals surface area contributed by atoms with Crippen molar-refractivity contribution >= 4 is 5.78 Å². The Labute approximate surface area is 148 Å². The van der Waals surface area contributed by atoms with Crippen molar-refractivity contribution in [3.05, 3.63) is 29.8 Å². The Kier molecular flexibility index (Phi) is 8.35. The maximum atomic E-state index is 12.5. The first-order valence-corrected chi connectivity index (χ1v) is 10.00. The molecule has 1 aliphatic rings. The fraction of sp³-hybridized carbons (Fsp3) is 0.682. The lowest BCUT2D eigenvalue weighted by molar-refractivity contribution is -0.123. The maximum absolute atomic E-state index is 12.5. The second kappa shape index (κ2) is 10.5. The van der Waals surface area contributed by atoms with E-state index in [-0.39, 0.29) is 5.92 Å². The van der Waals surface area contributed by atoms with Crippen molar-refractivity contribution in [3.63, 3.8) is 0 Å². The summed E-state index contributed by atoms with van der Waals surface area (Å²) in [5.74, 6) is 2.11. The van der Waals surface area contributed by atoms with Gasteiger partial charge in [-0.3, -0.25) is 4.79 Å². The molecular formula is C22H34O2. The number of carbonyl (C=O) groups excluding carboxylic acids is 1. The summed E-state index contributed by atoms with van der Waals surface area (Å²) in [6, 6.07) is 8.24. The van der Waals surface area contributed by atoms with E-state index in [2.05, 4.69) is 26.0 Å². The summed E-state index contributed by atoms with van der Waals surface area (Å²) in [4.78, 5) is 12.5. The van der Waals surface area contributed by atoms with Crippen LogP contribution in [-0.4, -0.2) is 12.4 Å². The number of rotatable bonds is 10. The zero-order valence-electron chi connectivity index (χ0n) is 15.6. The van der Waals surface area contributed by atoms with Gasteiger partial charge in [-0.2, -0.15) is 0 Å². The van der Waals surface area contributed by atoms with Crippen LogP contribution in [-0.2, 0) is 4.79 Å². The molecule has 0 aliphatic heterocycles. The summed E-state index contributed by atoms with van der Waals surface area (Å²) in [5, 5.41) is 0. The van der Waals surface area contributed by atoms with Crippen molar-refractivity contribution in [2.45, 2.75) is 84.0 Å². The molecule has 134 valence electrons. The fourth-order valence-corrected chi connectivity index (χ4v) is 3.71. The lowest BCUT2D eigenvalue weighted by Gasteiger charge is -2.27.